The number of methoxy groups -OCH3 is 1. The summed E-state index contributed by atoms with van der Waals surface area (Å²) < 4.78 is 5.19. The lowest BCUT2D eigenvalue weighted by Gasteiger charge is -2.20. The van der Waals surface area contributed by atoms with Crippen molar-refractivity contribution in [1.29, 1.82) is 0 Å². The predicted octanol–water partition coefficient (Wildman–Crippen LogP) is 2.28. The molecular weight excluding hydrogens is 368 g/mol. The Bertz CT molecular complexity index is 967. The Morgan fingerprint density at radius 3 is 2.72 bits per heavy atom. The van der Waals surface area contributed by atoms with Crippen LogP contribution in [0, 0.1) is 0 Å². The van der Waals surface area contributed by atoms with E-state index in [1.165, 1.54) is 20.1 Å². The molecule has 1 aromatic heterocycles. The summed E-state index contributed by atoms with van der Waals surface area (Å²) >= 11 is 0. The van der Waals surface area contributed by atoms with Crippen molar-refractivity contribution in [3.8, 4) is 5.75 Å². The lowest BCUT2D eigenvalue weighted by molar-refractivity contribution is -0.115. The molecule has 2 heterocycles. The summed E-state index contributed by atoms with van der Waals surface area (Å²) in [5.41, 5.74) is 9.24. The normalized spacial score (nSPS) is 14.9. The number of Topliss-reactive ketones (excluding diaryl/α,β-unsaturated/α-hetero) is 1. The molecule has 7 heteroatoms. The summed E-state index contributed by atoms with van der Waals surface area (Å²) in [4.78, 5) is 29.2. The lowest BCUT2D eigenvalue weighted by Crippen LogP contribution is -2.36. The molecule has 0 radical (unpaired) electrons. The van der Waals surface area contributed by atoms with Crippen molar-refractivity contribution >= 4 is 23.0 Å². The number of hydrogen-bond donors (Lipinski definition) is 3. The van der Waals surface area contributed by atoms with Crippen molar-refractivity contribution in [1.82, 2.24) is 10.3 Å². The third kappa shape index (κ3) is 4.82. The smallest absolute Gasteiger partial charge is 0.189 e. The zero-order valence-corrected chi connectivity index (χ0v) is 16.4. The predicted molar refractivity (Wildman–Crippen MR) is 112 cm³/mol. The van der Waals surface area contributed by atoms with Crippen LogP contribution in [0.25, 0.3) is 5.70 Å². The number of ether oxygens (including phenoxy) is 1. The van der Waals surface area contributed by atoms with Crippen molar-refractivity contribution in [2.24, 2.45) is 5.73 Å². The number of anilines is 1. The van der Waals surface area contributed by atoms with E-state index in [0.717, 1.165) is 11.3 Å². The molecule has 0 saturated heterocycles. The van der Waals surface area contributed by atoms with E-state index in [2.05, 4.69) is 15.6 Å². The fourth-order valence-electron chi connectivity index (χ4n) is 3.24. The molecular formula is C22H24N4O3. The number of allylic oxidation sites excluding steroid dienone is 1. The van der Waals surface area contributed by atoms with Gasteiger partial charge in [0, 0.05) is 35.7 Å². The fraction of sp³-hybridized carbons (Fsp3) is 0.227. The van der Waals surface area contributed by atoms with Gasteiger partial charge in [-0.25, -0.2) is 0 Å². The van der Waals surface area contributed by atoms with Gasteiger partial charge < -0.3 is 21.1 Å². The Balaban J connectivity index is 1.99. The van der Waals surface area contributed by atoms with Gasteiger partial charge in [-0.15, -0.1) is 0 Å². The van der Waals surface area contributed by atoms with Gasteiger partial charge in [0.15, 0.2) is 11.6 Å². The minimum atomic E-state index is -0.901. The standard InChI is InChI=1S/C22H24N4O3/c1-14(27)10-19(23)21(26-16-11-17(29-2)13-24-12-16)22(28)18-8-9-25-20(18)15-6-4-3-5-7-15/h3-7,10-13,21,25-26H,8-9,23H2,1-2H3. The second kappa shape index (κ2) is 9.05. The Labute approximate surface area is 169 Å². The zero-order valence-electron chi connectivity index (χ0n) is 16.4. The second-order valence-corrected chi connectivity index (χ2v) is 6.71. The summed E-state index contributed by atoms with van der Waals surface area (Å²) in [5.74, 6) is 0.126. The molecule has 1 aliphatic rings. The minimum Gasteiger partial charge on any atom is -0.495 e. The van der Waals surface area contributed by atoms with Crippen LogP contribution in [-0.4, -0.2) is 36.2 Å². The van der Waals surface area contributed by atoms with Crippen LogP contribution in [0.4, 0.5) is 5.69 Å². The molecule has 0 bridgehead atoms. The van der Waals surface area contributed by atoms with Gasteiger partial charge >= 0.3 is 0 Å². The molecule has 1 unspecified atom stereocenters. The second-order valence-electron chi connectivity index (χ2n) is 6.71. The number of ketones is 2. The number of carbonyl (C=O) groups is 2. The summed E-state index contributed by atoms with van der Waals surface area (Å²) in [7, 11) is 1.54. The molecule has 150 valence electrons. The van der Waals surface area contributed by atoms with Crippen molar-refractivity contribution in [3.63, 3.8) is 0 Å². The van der Waals surface area contributed by atoms with Crippen molar-refractivity contribution < 1.29 is 14.3 Å². The van der Waals surface area contributed by atoms with Gasteiger partial charge in [-0.05, 0) is 18.9 Å². The van der Waals surface area contributed by atoms with Crippen LogP contribution in [0.2, 0.25) is 0 Å². The van der Waals surface area contributed by atoms with E-state index >= 15 is 0 Å². The van der Waals surface area contributed by atoms with E-state index in [1.54, 1.807) is 18.5 Å². The summed E-state index contributed by atoms with van der Waals surface area (Å²) in [6.45, 7) is 2.06. The molecule has 2 aromatic rings. The van der Waals surface area contributed by atoms with Gasteiger partial charge in [0.2, 0.25) is 0 Å². The lowest BCUT2D eigenvalue weighted by atomic mass is 9.96. The van der Waals surface area contributed by atoms with Gasteiger partial charge in [-0.1, -0.05) is 30.3 Å². The SMILES string of the molecule is COc1cncc(NC(C(=O)C2=C(c3ccccc3)NCC2)C(N)=CC(C)=O)c1. The number of rotatable bonds is 8. The highest BCUT2D eigenvalue weighted by molar-refractivity contribution is 6.09. The van der Waals surface area contributed by atoms with Gasteiger partial charge in [0.05, 0.1) is 25.2 Å². The largest absolute Gasteiger partial charge is 0.495 e. The summed E-state index contributed by atoms with van der Waals surface area (Å²) in [6.07, 6.45) is 4.98. The van der Waals surface area contributed by atoms with Gasteiger partial charge in [-0.2, -0.15) is 0 Å². The van der Waals surface area contributed by atoms with E-state index in [4.69, 9.17) is 10.5 Å². The van der Waals surface area contributed by atoms with Crippen LogP contribution in [0.1, 0.15) is 18.9 Å². The number of nitrogens with one attached hydrogen (secondary N) is 2. The Hall–Kier alpha value is -3.61. The van der Waals surface area contributed by atoms with E-state index in [1.807, 2.05) is 30.3 Å². The first-order valence-electron chi connectivity index (χ1n) is 9.29. The molecule has 1 aromatic carbocycles. The van der Waals surface area contributed by atoms with Crippen LogP contribution >= 0.6 is 0 Å². The molecule has 3 rings (SSSR count). The molecule has 0 spiro atoms. The van der Waals surface area contributed by atoms with E-state index in [0.29, 0.717) is 30.0 Å². The average molecular weight is 392 g/mol. The van der Waals surface area contributed by atoms with Crippen LogP contribution in [-0.2, 0) is 9.59 Å². The van der Waals surface area contributed by atoms with E-state index in [-0.39, 0.29) is 17.3 Å². The van der Waals surface area contributed by atoms with Crippen molar-refractivity contribution in [3.05, 3.63) is 71.7 Å². The third-order valence-corrected chi connectivity index (χ3v) is 4.56. The molecule has 0 amide bonds. The zero-order chi connectivity index (χ0) is 20.8. The van der Waals surface area contributed by atoms with E-state index < -0.39 is 6.04 Å². The fourth-order valence-corrected chi connectivity index (χ4v) is 3.24. The van der Waals surface area contributed by atoms with Gasteiger partial charge in [-0.3, -0.25) is 14.6 Å². The Morgan fingerprint density at radius 2 is 2.03 bits per heavy atom. The Kier molecular flexibility index (Phi) is 6.29. The molecule has 4 N–H and O–H groups in total. The van der Waals surface area contributed by atoms with Crippen molar-refractivity contribution in [2.75, 3.05) is 19.0 Å². The molecule has 0 fully saturated rings. The number of pyridine rings is 1. The van der Waals surface area contributed by atoms with Crippen molar-refractivity contribution in [2.45, 2.75) is 19.4 Å². The van der Waals surface area contributed by atoms with E-state index in [9.17, 15) is 9.59 Å². The number of nitrogens with two attached hydrogens (primary N) is 1. The third-order valence-electron chi connectivity index (χ3n) is 4.56. The monoisotopic (exact) mass is 392 g/mol. The number of nitrogens with zero attached hydrogens (tertiary/aromatic N) is 1. The molecule has 1 aliphatic heterocycles. The maximum atomic E-state index is 13.5. The molecule has 7 nitrogen and oxygen atoms in total. The van der Waals surface area contributed by atoms with Gasteiger partial charge in [0.1, 0.15) is 11.8 Å². The highest BCUT2D eigenvalue weighted by Crippen LogP contribution is 2.27. The average Bonchev–Trinajstić information content (AvgIpc) is 3.21. The summed E-state index contributed by atoms with van der Waals surface area (Å²) in [5, 5.41) is 6.40. The van der Waals surface area contributed by atoms with Crippen LogP contribution in [0.3, 0.4) is 0 Å². The van der Waals surface area contributed by atoms with Crippen LogP contribution in [0.15, 0.2) is 66.1 Å². The molecule has 0 saturated carbocycles. The topological polar surface area (TPSA) is 106 Å². The minimum absolute atomic E-state index is 0.150. The maximum Gasteiger partial charge on any atom is 0.189 e. The number of benzene rings is 1. The number of carbonyl (C=O) groups excluding carboxylic acids is 2. The van der Waals surface area contributed by atoms with Crippen LogP contribution < -0.4 is 21.1 Å². The number of aromatic nitrogens is 1. The first-order chi connectivity index (χ1) is 14.0. The van der Waals surface area contributed by atoms with Crippen LogP contribution in [0.5, 0.6) is 5.75 Å². The number of hydrogen-bond acceptors (Lipinski definition) is 7. The summed E-state index contributed by atoms with van der Waals surface area (Å²) in [6, 6.07) is 10.5. The van der Waals surface area contributed by atoms with Gasteiger partial charge in [0.25, 0.3) is 0 Å². The maximum absolute atomic E-state index is 13.5. The highest BCUT2D eigenvalue weighted by Gasteiger charge is 2.30. The first kappa shape index (κ1) is 20.1. The Morgan fingerprint density at radius 1 is 1.28 bits per heavy atom. The highest BCUT2D eigenvalue weighted by atomic mass is 16.5. The quantitative estimate of drug-likeness (QED) is 0.592. The molecule has 1 atom stereocenters. The molecule has 0 aliphatic carbocycles. The first-order valence-corrected chi connectivity index (χ1v) is 9.29. The molecule has 29 heavy (non-hydrogen) atoms.